The first-order valence-corrected chi connectivity index (χ1v) is 12.7. The first-order chi connectivity index (χ1) is 17.0. The second-order valence-corrected chi connectivity index (χ2v) is 9.46. The summed E-state index contributed by atoms with van der Waals surface area (Å²) in [7, 11) is 0. The summed E-state index contributed by atoms with van der Waals surface area (Å²) in [5, 5.41) is 5.50. The van der Waals surface area contributed by atoms with Crippen LogP contribution < -0.4 is 5.32 Å². The molecule has 2 amide bonds. The summed E-state index contributed by atoms with van der Waals surface area (Å²) in [5.41, 5.74) is 3.22. The van der Waals surface area contributed by atoms with E-state index in [2.05, 4.69) is 63.0 Å². The molecule has 8 nitrogen and oxygen atoms in total. The number of hydrogen-bond acceptors (Lipinski definition) is 5. The number of aromatic nitrogens is 1. The normalized spacial score (nSPS) is 18.7. The Morgan fingerprint density at radius 3 is 2.40 bits per heavy atom. The molecular formula is C27H35N5O3. The first kappa shape index (κ1) is 23.8. The minimum Gasteiger partial charge on any atom is -0.378 e. The Balaban J connectivity index is 1.19. The molecular weight excluding hydrogens is 442 g/mol. The zero-order chi connectivity index (χ0) is 24.4. The molecule has 5 rings (SSSR count). The zero-order valence-electron chi connectivity index (χ0n) is 20.7. The molecule has 35 heavy (non-hydrogen) atoms. The SMILES string of the molecule is CCn1c2ccccc2c2cc(NC(=O)C(C)N3CCN(CC(=O)N4CCOCC4)CC3)ccc21. The fraction of sp³-hybridized carbons (Fsp3) is 0.481. The number of anilines is 1. The first-order valence-electron chi connectivity index (χ1n) is 12.7. The van der Waals surface area contributed by atoms with Crippen LogP contribution in [-0.2, 0) is 20.9 Å². The highest BCUT2D eigenvalue weighted by Gasteiger charge is 2.28. The van der Waals surface area contributed by atoms with E-state index in [9.17, 15) is 9.59 Å². The van der Waals surface area contributed by atoms with Crippen molar-refractivity contribution in [3.63, 3.8) is 0 Å². The number of hydrogen-bond donors (Lipinski definition) is 1. The van der Waals surface area contributed by atoms with E-state index >= 15 is 0 Å². The summed E-state index contributed by atoms with van der Waals surface area (Å²) in [4.78, 5) is 31.9. The molecule has 0 bridgehead atoms. The molecule has 1 atom stereocenters. The van der Waals surface area contributed by atoms with Crippen LogP contribution in [0, 0.1) is 0 Å². The Labute approximate surface area is 206 Å². The Hall–Kier alpha value is -2.94. The topological polar surface area (TPSA) is 70.1 Å². The van der Waals surface area contributed by atoms with Crippen molar-refractivity contribution >= 4 is 39.3 Å². The zero-order valence-corrected chi connectivity index (χ0v) is 20.7. The van der Waals surface area contributed by atoms with Crippen LogP contribution in [0.5, 0.6) is 0 Å². The van der Waals surface area contributed by atoms with E-state index in [1.54, 1.807) is 0 Å². The largest absolute Gasteiger partial charge is 0.378 e. The van der Waals surface area contributed by atoms with Gasteiger partial charge in [0.2, 0.25) is 11.8 Å². The van der Waals surface area contributed by atoms with Crippen molar-refractivity contribution in [2.24, 2.45) is 0 Å². The van der Waals surface area contributed by atoms with Gasteiger partial charge in [0.1, 0.15) is 0 Å². The van der Waals surface area contributed by atoms with Crippen LogP contribution in [0.25, 0.3) is 21.8 Å². The Kier molecular flexibility index (Phi) is 7.04. The van der Waals surface area contributed by atoms with Crippen molar-refractivity contribution in [3.05, 3.63) is 42.5 Å². The van der Waals surface area contributed by atoms with Gasteiger partial charge in [-0.3, -0.25) is 19.4 Å². The molecule has 0 saturated carbocycles. The maximum absolute atomic E-state index is 13.1. The monoisotopic (exact) mass is 477 g/mol. The number of nitrogens with zero attached hydrogens (tertiary/aromatic N) is 4. The molecule has 8 heteroatoms. The lowest BCUT2D eigenvalue weighted by molar-refractivity contribution is -0.137. The van der Waals surface area contributed by atoms with Crippen LogP contribution in [0.3, 0.4) is 0 Å². The average molecular weight is 478 g/mol. The number of ether oxygens (including phenoxy) is 1. The smallest absolute Gasteiger partial charge is 0.241 e. The summed E-state index contributed by atoms with van der Waals surface area (Å²) in [5.74, 6) is 0.175. The number of fused-ring (bicyclic) bond motifs is 3. The van der Waals surface area contributed by atoms with Gasteiger partial charge in [-0.2, -0.15) is 0 Å². The van der Waals surface area contributed by atoms with Gasteiger partial charge in [-0.15, -0.1) is 0 Å². The number of piperazine rings is 1. The molecule has 2 aliphatic heterocycles. The fourth-order valence-electron chi connectivity index (χ4n) is 5.30. The molecule has 1 aromatic heterocycles. The molecule has 3 aromatic rings. The van der Waals surface area contributed by atoms with Crippen LogP contribution in [0.1, 0.15) is 13.8 Å². The molecule has 2 aliphatic rings. The minimum atomic E-state index is -0.236. The Bertz CT molecular complexity index is 1210. The molecule has 0 radical (unpaired) electrons. The van der Waals surface area contributed by atoms with E-state index in [1.807, 2.05) is 17.9 Å². The van der Waals surface area contributed by atoms with Crippen molar-refractivity contribution < 1.29 is 14.3 Å². The Morgan fingerprint density at radius 1 is 0.943 bits per heavy atom. The van der Waals surface area contributed by atoms with Gasteiger partial charge in [0, 0.05) is 73.3 Å². The fourth-order valence-corrected chi connectivity index (χ4v) is 5.30. The number of rotatable bonds is 6. The van der Waals surface area contributed by atoms with Gasteiger partial charge < -0.3 is 19.5 Å². The molecule has 3 heterocycles. The summed E-state index contributed by atoms with van der Waals surface area (Å²) < 4.78 is 7.65. The third-order valence-electron chi connectivity index (χ3n) is 7.41. The summed E-state index contributed by atoms with van der Waals surface area (Å²) in [6.07, 6.45) is 0. The van der Waals surface area contributed by atoms with Crippen LogP contribution in [0.4, 0.5) is 5.69 Å². The summed E-state index contributed by atoms with van der Waals surface area (Å²) in [6, 6.07) is 14.4. The molecule has 2 saturated heterocycles. The maximum atomic E-state index is 13.1. The number of carbonyl (C=O) groups excluding carboxylic acids is 2. The molecule has 1 N–H and O–H groups in total. The molecule has 2 aromatic carbocycles. The quantitative estimate of drug-likeness (QED) is 0.591. The van der Waals surface area contributed by atoms with Gasteiger partial charge >= 0.3 is 0 Å². The lowest BCUT2D eigenvalue weighted by atomic mass is 10.1. The van der Waals surface area contributed by atoms with E-state index in [1.165, 1.54) is 16.4 Å². The second-order valence-electron chi connectivity index (χ2n) is 9.46. The lowest BCUT2D eigenvalue weighted by Crippen LogP contribution is -2.55. The number of aryl methyl sites for hydroxylation is 1. The van der Waals surface area contributed by atoms with Crippen molar-refractivity contribution in [2.75, 3.05) is 64.3 Å². The highest BCUT2D eigenvalue weighted by atomic mass is 16.5. The second kappa shape index (κ2) is 10.4. The number of nitrogens with one attached hydrogen (secondary N) is 1. The lowest BCUT2D eigenvalue weighted by Gasteiger charge is -2.38. The molecule has 0 spiro atoms. The number of para-hydroxylation sites is 1. The minimum absolute atomic E-state index is 0.00132. The van der Waals surface area contributed by atoms with Crippen molar-refractivity contribution in [2.45, 2.75) is 26.4 Å². The molecule has 2 fully saturated rings. The van der Waals surface area contributed by atoms with Crippen LogP contribution in [-0.4, -0.2) is 96.2 Å². The van der Waals surface area contributed by atoms with Crippen LogP contribution in [0.2, 0.25) is 0 Å². The summed E-state index contributed by atoms with van der Waals surface area (Å²) in [6.45, 7) is 11.2. The average Bonchev–Trinajstić information content (AvgIpc) is 3.22. The van der Waals surface area contributed by atoms with Crippen LogP contribution >= 0.6 is 0 Å². The predicted octanol–water partition coefficient (Wildman–Crippen LogP) is 2.62. The van der Waals surface area contributed by atoms with Crippen LogP contribution in [0.15, 0.2) is 42.5 Å². The molecule has 186 valence electrons. The standard InChI is InChI=1S/C27H35N5O3/c1-3-32-24-7-5-4-6-22(24)23-18-21(8-9-25(23)32)28-27(34)20(2)30-12-10-29(11-13-30)19-26(33)31-14-16-35-17-15-31/h4-9,18,20H,3,10-17,19H2,1-2H3,(H,28,34). The van der Waals surface area contributed by atoms with E-state index in [0.717, 1.165) is 43.8 Å². The number of morpholine rings is 1. The van der Waals surface area contributed by atoms with Gasteiger partial charge in [-0.25, -0.2) is 0 Å². The Morgan fingerprint density at radius 2 is 1.66 bits per heavy atom. The van der Waals surface area contributed by atoms with Crippen molar-refractivity contribution in [3.8, 4) is 0 Å². The number of amides is 2. The van der Waals surface area contributed by atoms with E-state index < -0.39 is 0 Å². The van der Waals surface area contributed by atoms with Gasteiger partial charge in [-0.05, 0) is 38.1 Å². The van der Waals surface area contributed by atoms with Crippen molar-refractivity contribution in [1.82, 2.24) is 19.3 Å². The van der Waals surface area contributed by atoms with E-state index in [0.29, 0.717) is 32.8 Å². The van der Waals surface area contributed by atoms with E-state index in [-0.39, 0.29) is 17.9 Å². The molecule has 1 unspecified atom stereocenters. The van der Waals surface area contributed by atoms with Gasteiger partial charge in [0.15, 0.2) is 0 Å². The number of benzene rings is 2. The van der Waals surface area contributed by atoms with Crippen molar-refractivity contribution in [1.29, 1.82) is 0 Å². The highest BCUT2D eigenvalue weighted by Crippen LogP contribution is 2.31. The van der Waals surface area contributed by atoms with Gasteiger partial charge in [0.05, 0.1) is 25.8 Å². The van der Waals surface area contributed by atoms with Gasteiger partial charge in [-0.1, -0.05) is 18.2 Å². The molecule has 0 aliphatic carbocycles. The number of carbonyl (C=O) groups is 2. The van der Waals surface area contributed by atoms with Gasteiger partial charge in [0.25, 0.3) is 0 Å². The predicted molar refractivity (Wildman–Crippen MR) is 139 cm³/mol. The summed E-state index contributed by atoms with van der Waals surface area (Å²) >= 11 is 0. The maximum Gasteiger partial charge on any atom is 0.241 e. The van der Waals surface area contributed by atoms with E-state index in [4.69, 9.17) is 4.74 Å². The highest BCUT2D eigenvalue weighted by molar-refractivity contribution is 6.10. The third kappa shape index (κ3) is 4.91. The third-order valence-corrected chi connectivity index (χ3v) is 7.41.